The van der Waals surface area contributed by atoms with Crippen LogP contribution >= 0.6 is 0 Å². The summed E-state index contributed by atoms with van der Waals surface area (Å²) in [4.78, 5) is 23.2. The lowest BCUT2D eigenvalue weighted by atomic mass is 10.0. The Morgan fingerprint density at radius 1 is 0.893 bits per heavy atom. The second-order valence-corrected chi connectivity index (χ2v) is 8.31. The number of esters is 1. The number of carbonyl (C=O) groups excluding carboxylic acids is 1. The van der Waals surface area contributed by atoms with E-state index in [1.807, 2.05) is 6.08 Å². The molecule has 164 valence electrons. The molecule has 0 heterocycles. The second kappa shape index (κ2) is 19.0. The number of rotatable bonds is 19. The third-order valence-corrected chi connectivity index (χ3v) is 4.96. The molecular formula is C24H44O4. The van der Waals surface area contributed by atoms with Crippen molar-refractivity contribution >= 4 is 11.9 Å². The zero-order chi connectivity index (χ0) is 21.0. The van der Waals surface area contributed by atoms with Crippen LogP contribution in [0, 0.1) is 11.8 Å². The fourth-order valence-electron chi connectivity index (χ4n) is 3.19. The van der Waals surface area contributed by atoms with Gasteiger partial charge in [-0.3, -0.25) is 9.59 Å². The van der Waals surface area contributed by atoms with E-state index in [1.54, 1.807) is 6.08 Å². The van der Waals surface area contributed by atoms with Crippen molar-refractivity contribution in [2.45, 2.75) is 111 Å². The van der Waals surface area contributed by atoms with Gasteiger partial charge in [0.1, 0.15) is 0 Å². The standard InChI is InChI=1S/C24H44O4/c1-4-5-6-7-8-9-10-11-12-15-18-22(20-23(25)26)24(27)28-19-16-13-14-17-21(2)3/h15,18,21-22H,4-14,16-17,19-20H2,1-3H3,(H,25,26). The van der Waals surface area contributed by atoms with Crippen LogP contribution in [-0.2, 0) is 14.3 Å². The lowest BCUT2D eigenvalue weighted by Crippen LogP contribution is -2.19. The second-order valence-electron chi connectivity index (χ2n) is 8.31. The first-order valence-corrected chi connectivity index (χ1v) is 11.5. The van der Waals surface area contributed by atoms with Crippen LogP contribution in [0.2, 0.25) is 0 Å². The number of unbranched alkanes of at least 4 members (excludes halogenated alkanes) is 10. The molecule has 1 N–H and O–H groups in total. The highest BCUT2D eigenvalue weighted by atomic mass is 16.5. The Labute approximate surface area is 173 Å². The first-order valence-electron chi connectivity index (χ1n) is 11.5. The van der Waals surface area contributed by atoms with Crippen LogP contribution < -0.4 is 0 Å². The molecule has 0 aliphatic carbocycles. The van der Waals surface area contributed by atoms with Gasteiger partial charge in [0.25, 0.3) is 0 Å². The van der Waals surface area contributed by atoms with Gasteiger partial charge in [-0.25, -0.2) is 0 Å². The highest BCUT2D eigenvalue weighted by Gasteiger charge is 2.20. The topological polar surface area (TPSA) is 63.6 Å². The number of carbonyl (C=O) groups is 2. The molecule has 0 bridgehead atoms. The molecule has 0 saturated carbocycles. The van der Waals surface area contributed by atoms with Crippen molar-refractivity contribution in [1.29, 1.82) is 0 Å². The average Bonchev–Trinajstić information content (AvgIpc) is 2.64. The largest absolute Gasteiger partial charge is 0.481 e. The summed E-state index contributed by atoms with van der Waals surface area (Å²) in [5, 5.41) is 9.05. The molecule has 0 spiro atoms. The van der Waals surface area contributed by atoms with Gasteiger partial charge in [0, 0.05) is 0 Å². The van der Waals surface area contributed by atoms with Gasteiger partial charge in [-0.05, 0) is 25.2 Å². The number of hydrogen-bond donors (Lipinski definition) is 1. The van der Waals surface area contributed by atoms with Crippen molar-refractivity contribution in [3.63, 3.8) is 0 Å². The van der Waals surface area contributed by atoms with E-state index in [2.05, 4.69) is 20.8 Å². The molecule has 0 rings (SSSR count). The molecule has 0 aliphatic rings. The number of carboxylic acids is 1. The summed E-state index contributed by atoms with van der Waals surface area (Å²) in [7, 11) is 0. The lowest BCUT2D eigenvalue weighted by Gasteiger charge is -2.11. The van der Waals surface area contributed by atoms with E-state index in [-0.39, 0.29) is 6.42 Å². The number of ether oxygens (including phenoxy) is 1. The quantitative estimate of drug-likeness (QED) is 0.146. The molecule has 1 atom stereocenters. The number of aliphatic carboxylic acids is 1. The molecule has 4 heteroatoms. The Hall–Kier alpha value is -1.32. The minimum atomic E-state index is -0.962. The summed E-state index contributed by atoms with van der Waals surface area (Å²) < 4.78 is 5.30. The fourth-order valence-corrected chi connectivity index (χ4v) is 3.19. The zero-order valence-electron chi connectivity index (χ0n) is 18.6. The highest BCUT2D eigenvalue weighted by molar-refractivity contribution is 5.80. The predicted octanol–water partition coefficient (Wildman–Crippen LogP) is 6.92. The van der Waals surface area contributed by atoms with E-state index in [4.69, 9.17) is 9.84 Å². The van der Waals surface area contributed by atoms with E-state index < -0.39 is 17.9 Å². The Bertz CT molecular complexity index is 415. The third kappa shape index (κ3) is 18.1. The summed E-state index contributed by atoms with van der Waals surface area (Å²) in [6.45, 7) is 7.03. The van der Waals surface area contributed by atoms with E-state index in [0.717, 1.165) is 32.1 Å². The van der Waals surface area contributed by atoms with Crippen molar-refractivity contribution in [1.82, 2.24) is 0 Å². The van der Waals surface area contributed by atoms with Gasteiger partial charge < -0.3 is 9.84 Å². The van der Waals surface area contributed by atoms with Crippen molar-refractivity contribution in [3.8, 4) is 0 Å². The van der Waals surface area contributed by atoms with Gasteiger partial charge in [0.05, 0.1) is 18.9 Å². The zero-order valence-corrected chi connectivity index (χ0v) is 18.6. The molecule has 28 heavy (non-hydrogen) atoms. The SMILES string of the molecule is CCCCCCCCCCC=CC(CC(=O)O)C(=O)OCCCCCC(C)C. The molecule has 0 saturated heterocycles. The van der Waals surface area contributed by atoms with Gasteiger partial charge in [0.15, 0.2) is 0 Å². The van der Waals surface area contributed by atoms with E-state index in [1.165, 1.54) is 51.4 Å². The number of hydrogen-bond acceptors (Lipinski definition) is 3. The van der Waals surface area contributed by atoms with Crippen molar-refractivity contribution in [3.05, 3.63) is 12.2 Å². The van der Waals surface area contributed by atoms with Crippen LogP contribution in [0.25, 0.3) is 0 Å². The Kier molecular flexibility index (Phi) is 18.1. The molecule has 0 aliphatic heterocycles. The van der Waals surface area contributed by atoms with Gasteiger partial charge in [0.2, 0.25) is 0 Å². The van der Waals surface area contributed by atoms with Crippen molar-refractivity contribution in [2.24, 2.45) is 11.8 Å². The summed E-state index contributed by atoms with van der Waals surface area (Å²) in [5.41, 5.74) is 0. The maximum absolute atomic E-state index is 12.2. The molecule has 0 aromatic rings. The molecule has 0 aromatic heterocycles. The molecule has 0 fully saturated rings. The number of allylic oxidation sites excluding steroid dienone is 1. The fraction of sp³-hybridized carbons (Fsp3) is 0.833. The minimum Gasteiger partial charge on any atom is -0.481 e. The third-order valence-electron chi connectivity index (χ3n) is 4.96. The molecule has 0 aromatic carbocycles. The smallest absolute Gasteiger partial charge is 0.313 e. The normalized spacial score (nSPS) is 12.6. The molecule has 1 unspecified atom stereocenters. The summed E-state index contributed by atoms with van der Waals surface area (Å²) >= 11 is 0. The summed E-state index contributed by atoms with van der Waals surface area (Å²) in [6.07, 6.45) is 18.7. The first kappa shape index (κ1) is 26.7. The van der Waals surface area contributed by atoms with E-state index >= 15 is 0 Å². The van der Waals surface area contributed by atoms with Crippen LogP contribution in [0.5, 0.6) is 0 Å². The maximum Gasteiger partial charge on any atom is 0.313 e. The average molecular weight is 397 g/mol. The molecule has 0 amide bonds. The van der Waals surface area contributed by atoms with Crippen LogP contribution in [0.4, 0.5) is 0 Å². The van der Waals surface area contributed by atoms with Crippen LogP contribution in [-0.4, -0.2) is 23.7 Å². The number of carboxylic acid groups (broad SMARTS) is 1. The van der Waals surface area contributed by atoms with Crippen LogP contribution in [0.15, 0.2) is 12.2 Å². The molecular weight excluding hydrogens is 352 g/mol. The Morgan fingerprint density at radius 3 is 2.11 bits per heavy atom. The van der Waals surface area contributed by atoms with Crippen molar-refractivity contribution < 1.29 is 19.4 Å². The highest BCUT2D eigenvalue weighted by Crippen LogP contribution is 2.13. The van der Waals surface area contributed by atoms with Crippen molar-refractivity contribution in [2.75, 3.05) is 6.61 Å². The lowest BCUT2D eigenvalue weighted by molar-refractivity contribution is -0.151. The summed E-state index contributed by atoms with van der Waals surface area (Å²) in [6, 6.07) is 0. The Balaban J connectivity index is 3.96. The Morgan fingerprint density at radius 2 is 1.50 bits per heavy atom. The van der Waals surface area contributed by atoms with E-state index in [9.17, 15) is 9.59 Å². The molecule has 0 radical (unpaired) electrons. The monoisotopic (exact) mass is 396 g/mol. The minimum absolute atomic E-state index is 0.194. The maximum atomic E-state index is 12.2. The van der Waals surface area contributed by atoms with E-state index in [0.29, 0.717) is 12.5 Å². The van der Waals surface area contributed by atoms with Gasteiger partial charge in [-0.1, -0.05) is 97.1 Å². The first-order chi connectivity index (χ1) is 13.5. The van der Waals surface area contributed by atoms with Gasteiger partial charge >= 0.3 is 11.9 Å². The van der Waals surface area contributed by atoms with Crippen LogP contribution in [0.1, 0.15) is 111 Å². The summed E-state index contributed by atoms with van der Waals surface area (Å²) in [5.74, 6) is -1.33. The van der Waals surface area contributed by atoms with Gasteiger partial charge in [-0.15, -0.1) is 0 Å². The predicted molar refractivity (Wildman–Crippen MR) is 116 cm³/mol. The van der Waals surface area contributed by atoms with Gasteiger partial charge in [-0.2, -0.15) is 0 Å². The van der Waals surface area contributed by atoms with Crippen LogP contribution in [0.3, 0.4) is 0 Å². The molecule has 4 nitrogen and oxygen atoms in total.